The Morgan fingerprint density at radius 2 is 1.97 bits per heavy atom. The fraction of sp³-hybridized carbons (Fsp3) is 0.136. The molecule has 3 rings (SSSR count). The topological polar surface area (TPSA) is 94.8 Å². The molecular weight excluding hydrogens is 390 g/mol. The molecule has 6 nitrogen and oxygen atoms in total. The number of ether oxygens (including phenoxy) is 1. The van der Waals surface area contributed by atoms with Crippen molar-refractivity contribution in [2.24, 2.45) is 5.10 Å². The minimum Gasteiger partial charge on any atom is -0.505 e. The molecule has 29 heavy (non-hydrogen) atoms. The van der Waals surface area contributed by atoms with Crippen molar-refractivity contribution in [3.8, 4) is 16.9 Å². The highest BCUT2D eigenvalue weighted by atomic mass is 35.5. The first kappa shape index (κ1) is 20.4. The van der Waals surface area contributed by atoms with E-state index in [4.69, 9.17) is 17.0 Å². The molecule has 2 aromatic carbocycles. The van der Waals surface area contributed by atoms with E-state index in [1.165, 1.54) is 13.2 Å². The zero-order valence-electron chi connectivity index (χ0n) is 15.8. The maximum atomic E-state index is 11.3. The third-order valence-corrected chi connectivity index (χ3v) is 4.64. The standard InChI is InChI=1S/C22H20ClN3O3/c1-29-21(27)12-7-14-5-8-15(9-6-14)17-3-2-4-20(22(17)28)26-25-19-11-10-16(23)13-18(19)24/h2-6,8-11,13,24,26,28H,7,12H2,1H3/b24-18?,25-19-. The number of phenols is 1. The molecule has 148 valence electrons. The Hall–Kier alpha value is -3.38. The van der Waals surface area contributed by atoms with Gasteiger partial charge in [0.25, 0.3) is 0 Å². The van der Waals surface area contributed by atoms with E-state index in [2.05, 4.69) is 15.3 Å². The average molecular weight is 410 g/mol. The van der Waals surface area contributed by atoms with E-state index in [0.717, 1.165) is 11.1 Å². The molecule has 0 unspecified atom stereocenters. The van der Waals surface area contributed by atoms with Crippen molar-refractivity contribution in [2.45, 2.75) is 12.8 Å². The van der Waals surface area contributed by atoms with Crippen molar-refractivity contribution in [2.75, 3.05) is 12.5 Å². The van der Waals surface area contributed by atoms with E-state index in [1.54, 1.807) is 18.2 Å². The fourth-order valence-electron chi connectivity index (χ4n) is 2.79. The van der Waals surface area contributed by atoms with Gasteiger partial charge in [-0.25, -0.2) is 0 Å². The van der Waals surface area contributed by atoms with Crippen LogP contribution in [0.4, 0.5) is 5.69 Å². The summed E-state index contributed by atoms with van der Waals surface area (Å²) in [7, 11) is 1.37. The first-order chi connectivity index (χ1) is 14.0. The summed E-state index contributed by atoms with van der Waals surface area (Å²) in [6.07, 6.45) is 5.70. The number of hydrogen-bond donors (Lipinski definition) is 3. The number of hydrogen-bond acceptors (Lipinski definition) is 6. The summed E-state index contributed by atoms with van der Waals surface area (Å²) in [5.74, 6) is -0.190. The molecule has 0 radical (unpaired) electrons. The minimum absolute atomic E-state index is 0.0547. The number of allylic oxidation sites excluding steroid dienone is 4. The van der Waals surface area contributed by atoms with Crippen molar-refractivity contribution < 1.29 is 14.6 Å². The highest BCUT2D eigenvalue weighted by molar-refractivity contribution is 6.52. The molecule has 0 fully saturated rings. The summed E-state index contributed by atoms with van der Waals surface area (Å²) in [5, 5.41) is 23.2. The molecule has 0 amide bonds. The Morgan fingerprint density at radius 1 is 1.21 bits per heavy atom. The second-order valence-corrected chi connectivity index (χ2v) is 6.80. The van der Waals surface area contributed by atoms with E-state index in [1.807, 2.05) is 36.4 Å². The van der Waals surface area contributed by atoms with Crippen LogP contribution in [-0.4, -0.2) is 29.6 Å². The van der Waals surface area contributed by atoms with Gasteiger partial charge in [0.05, 0.1) is 18.5 Å². The van der Waals surface area contributed by atoms with Crippen LogP contribution in [0.15, 0.2) is 70.8 Å². The molecule has 0 aromatic heterocycles. The summed E-state index contributed by atoms with van der Waals surface area (Å²) < 4.78 is 4.66. The quantitative estimate of drug-likeness (QED) is 0.280. The lowest BCUT2D eigenvalue weighted by atomic mass is 10.0. The van der Waals surface area contributed by atoms with Crippen molar-refractivity contribution in [1.82, 2.24) is 0 Å². The number of anilines is 1. The zero-order valence-corrected chi connectivity index (χ0v) is 16.5. The van der Waals surface area contributed by atoms with Crippen LogP contribution in [0.5, 0.6) is 5.75 Å². The summed E-state index contributed by atoms with van der Waals surface area (Å²) in [4.78, 5) is 11.3. The molecule has 2 aromatic rings. The molecule has 0 atom stereocenters. The van der Waals surface area contributed by atoms with E-state index >= 15 is 0 Å². The molecule has 1 aliphatic carbocycles. The Morgan fingerprint density at radius 3 is 2.66 bits per heavy atom. The van der Waals surface area contributed by atoms with Gasteiger partial charge in [-0.3, -0.25) is 15.6 Å². The number of methoxy groups -OCH3 is 1. The van der Waals surface area contributed by atoms with Crippen LogP contribution in [0.3, 0.4) is 0 Å². The van der Waals surface area contributed by atoms with E-state index in [9.17, 15) is 9.90 Å². The van der Waals surface area contributed by atoms with Gasteiger partial charge in [0.15, 0.2) is 0 Å². The molecule has 0 aliphatic heterocycles. The molecule has 3 N–H and O–H groups in total. The van der Waals surface area contributed by atoms with Gasteiger partial charge in [0, 0.05) is 17.0 Å². The Balaban J connectivity index is 1.76. The van der Waals surface area contributed by atoms with Gasteiger partial charge in [-0.1, -0.05) is 48.0 Å². The molecule has 0 heterocycles. The Kier molecular flexibility index (Phi) is 6.46. The average Bonchev–Trinajstić information content (AvgIpc) is 2.73. The maximum absolute atomic E-state index is 11.3. The molecule has 7 heteroatoms. The largest absolute Gasteiger partial charge is 0.505 e. The minimum atomic E-state index is -0.245. The molecule has 1 aliphatic rings. The smallest absolute Gasteiger partial charge is 0.305 e. The lowest BCUT2D eigenvalue weighted by molar-refractivity contribution is -0.140. The number of aromatic hydroxyl groups is 1. The van der Waals surface area contributed by atoms with Gasteiger partial charge in [0.2, 0.25) is 0 Å². The number of carbonyl (C=O) groups is 1. The second kappa shape index (κ2) is 9.21. The first-order valence-electron chi connectivity index (χ1n) is 8.94. The fourth-order valence-corrected chi connectivity index (χ4v) is 2.96. The monoisotopic (exact) mass is 409 g/mol. The summed E-state index contributed by atoms with van der Waals surface area (Å²) in [5.41, 5.74) is 6.32. The van der Waals surface area contributed by atoms with Crippen LogP contribution in [0, 0.1) is 5.41 Å². The zero-order chi connectivity index (χ0) is 20.8. The van der Waals surface area contributed by atoms with Gasteiger partial charge < -0.3 is 9.84 Å². The Labute approximate surface area is 173 Å². The third-order valence-electron chi connectivity index (χ3n) is 4.40. The molecular formula is C22H20ClN3O3. The van der Waals surface area contributed by atoms with Crippen molar-refractivity contribution >= 4 is 34.7 Å². The lowest BCUT2D eigenvalue weighted by Crippen LogP contribution is -2.12. The highest BCUT2D eigenvalue weighted by Crippen LogP contribution is 2.35. The van der Waals surface area contributed by atoms with Gasteiger partial charge in [-0.2, -0.15) is 5.10 Å². The number of rotatable bonds is 6. The molecule has 0 spiro atoms. The van der Waals surface area contributed by atoms with Crippen LogP contribution >= 0.6 is 11.6 Å². The SMILES string of the molecule is COC(=O)CCc1ccc(-c2cccc(N/N=C3/C=CC(Cl)=CC3=N)c2O)cc1. The first-order valence-corrected chi connectivity index (χ1v) is 9.31. The maximum Gasteiger partial charge on any atom is 0.305 e. The predicted octanol–water partition coefficient (Wildman–Crippen LogP) is 4.64. The van der Waals surface area contributed by atoms with Crippen LogP contribution in [0.25, 0.3) is 11.1 Å². The number of phenolic OH excluding ortho intramolecular Hbond substituents is 1. The number of aryl methyl sites for hydroxylation is 1. The van der Waals surface area contributed by atoms with Gasteiger partial charge in [-0.05, 0) is 41.8 Å². The van der Waals surface area contributed by atoms with Gasteiger partial charge in [0.1, 0.15) is 11.5 Å². The number of benzene rings is 2. The number of carbonyl (C=O) groups excluding carboxylic acids is 1. The molecule has 0 bridgehead atoms. The predicted molar refractivity (Wildman–Crippen MR) is 116 cm³/mol. The van der Waals surface area contributed by atoms with Gasteiger partial charge in [-0.15, -0.1) is 0 Å². The van der Waals surface area contributed by atoms with Crippen molar-refractivity contribution in [3.63, 3.8) is 0 Å². The van der Waals surface area contributed by atoms with E-state index in [0.29, 0.717) is 34.8 Å². The van der Waals surface area contributed by atoms with Crippen LogP contribution in [0.2, 0.25) is 0 Å². The van der Waals surface area contributed by atoms with E-state index < -0.39 is 0 Å². The third kappa shape index (κ3) is 5.12. The number of nitrogens with zero attached hydrogens (tertiary/aromatic N) is 1. The van der Waals surface area contributed by atoms with Crippen LogP contribution in [0.1, 0.15) is 12.0 Å². The summed E-state index contributed by atoms with van der Waals surface area (Å²) in [6.45, 7) is 0. The van der Waals surface area contributed by atoms with Gasteiger partial charge >= 0.3 is 5.97 Å². The lowest BCUT2D eigenvalue weighted by Gasteiger charge is -2.11. The van der Waals surface area contributed by atoms with Crippen LogP contribution < -0.4 is 5.43 Å². The number of para-hydroxylation sites is 1. The second-order valence-electron chi connectivity index (χ2n) is 6.36. The molecule has 0 saturated heterocycles. The van der Waals surface area contributed by atoms with Crippen molar-refractivity contribution in [1.29, 1.82) is 5.41 Å². The summed E-state index contributed by atoms with van der Waals surface area (Å²) >= 11 is 5.86. The number of hydrazone groups is 1. The normalized spacial score (nSPS) is 14.6. The van der Waals surface area contributed by atoms with E-state index in [-0.39, 0.29) is 17.4 Å². The number of nitrogens with one attached hydrogen (secondary N) is 2. The van der Waals surface area contributed by atoms with Crippen molar-refractivity contribution in [3.05, 3.63) is 71.3 Å². The molecule has 0 saturated carbocycles. The number of esters is 1. The van der Waals surface area contributed by atoms with Crippen LogP contribution in [-0.2, 0) is 16.0 Å². The Bertz CT molecular complexity index is 1020. The number of halogens is 1. The highest BCUT2D eigenvalue weighted by Gasteiger charge is 2.11. The summed E-state index contributed by atoms with van der Waals surface area (Å²) in [6, 6.07) is 12.9.